The maximum absolute atomic E-state index is 12.9. The van der Waals surface area contributed by atoms with E-state index in [-0.39, 0.29) is 35.5 Å². The lowest BCUT2D eigenvalue weighted by molar-refractivity contribution is -0.138. The summed E-state index contributed by atoms with van der Waals surface area (Å²) >= 11 is 0. The molecule has 33 heavy (non-hydrogen) atoms. The number of nitrogens with zero attached hydrogens (tertiary/aromatic N) is 2. The highest BCUT2D eigenvalue weighted by atomic mass is 19.4. The number of hydrogen-bond donors (Lipinski definition) is 4. The lowest BCUT2D eigenvalue weighted by Crippen LogP contribution is -2.43. The Morgan fingerprint density at radius 2 is 1.91 bits per heavy atom. The summed E-state index contributed by atoms with van der Waals surface area (Å²) in [5, 5.41) is 34.4. The summed E-state index contributed by atoms with van der Waals surface area (Å²) in [6.07, 6.45) is -4.47. The van der Waals surface area contributed by atoms with Crippen LogP contribution in [-0.4, -0.2) is 41.7 Å². The molecule has 0 bridgehead atoms. The third-order valence-corrected chi connectivity index (χ3v) is 5.54. The first-order valence-electron chi connectivity index (χ1n) is 9.78. The molecule has 11 heteroatoms. The standard InChI is InChI=1S/C22H17F3N4O4/c23-22(24,25)13-4-1-11(2-5-13)16-10-29-9-15(21(33)27-8-17(30)31)20(32)14-6-3-12(7-26)18(28-16)19(14)29/h1-6,16,28,32H,8-10H2,(H,27,33)(H,30,31). The molecule has 4 N–H and O–H groups in total. The average Bonchev–Trinajstić information content (AvgIpc) is 2.78. The van der Waals surface area contributed by atoms with E-state index in [4.69, 9.17) is 5.11 Å². The van der Waals surface area contributed by atoms with Gasteiger partial charge in [-0.2, -0.15) is 18.4 Å². The number of aliphatic hydroxyl groups is 1. The Labute approximate surface area is 185 Å². The normalized spacial score (nSPS) is 17.0. The monoisotopic (exact) mass is 458 g/mol. The van der Waals surface area contributed by atoms with Gasteiger partial charge < -0.3 is 25.7 Å². The van der Waals surface area contributed by atoms with Gasteiger partial charge in [-0.3, -0.25) is 9.59 Å². The fraction of sp³-hybridized carbons (Fsp3) is 0.227. The van der Waals surface area contributed by atoms with Gasteiger partial charge in [-0.25, -0.2) is 0 Å². The molecule has 2 aliphatic heterocycles. The zero-order valence-corrected chi connectivity index (χ0v) is 16.9. The van der Waals surface area contributed by atoms with Crippen LogP contribution in [-0.2, 0) is 15.8 Å². The Morgan fingerprint density at radius 1 is 1.21 bits per heavy atom. The topological polar surface area (TPSA) is 126 Å². The number of amides is 1. The number of carbonyl (C=O) groups is 2. The van der Waals surface area contributed by atoms with Gasteiger partial charge >= 0.3 is 12.1 Å². The first kappa shape index (κ1) is 22.0. The molecule has 8 nitrogen and oxygen atoms in total. The molecular formula is C22H17F3N4O4. The number of carboxylic acid groups (broad SMARTS) is 1. The summed E-state index contributed by atoms with van der Waals surface area (Å²) in [5.41, 5.74) is 1.14. The molecule has 0 radical (unpaired) electrons. The van der Waals surface area contributed by atoms with E-state index in [1.54, 1.807) is 4.90 Å². The van der Waals surface area contributed by atoms with Crippen molar-refractivity contribution in [1.82, 2.24) is 5.32 Å². The van der Waals surface area contributed by atoms with Crippen LogP contribution in [0.3, 0.4) is 0 Å². The number of hydrogen-bond acceptors (Lipinski definition) is 6. The molecule has 0 saturated heterocycles. The zero-order chi connectivity index (χ0) is 23.9. The maximum Gasteiger partial charge on any atom is 0.416 e. The van der Waals surface area contributed by atoms with Crippen LogP contribution in [0.2, 0.25) is 0 Å². The first-order valence-corrected chi connectivity index (χ1v) is 9.78. The fourth-order valence-electron chi connectivity index (χ4n) is 3.99. The SMILES string of the molecule is N#Cc1ccc2c3c1NC(c1ccc(C(F)(F)F)cc1)CN3CC(C(=O)NCC(=O)O)=C2O. The van der Waals surface area contributed by atoms with Gasteiger partial charge in [0.2, 0.25) is 0 Å². The van der Waals surface area contributed by atoms with Gasteiger partial charge in [0.15, 0.2) is 0 Å². The minimum absolute atomic E-state index is 0.0486. The fourth-order valence-corrected chi connectivity index (χ4v) is 3.99. The lowest BCUT2D eigenvalue weighted by atomic mass is 9.92. The van der Waals surface area contributed by atoms with Crippen LogP contribution >= 0.6 is 0 Å². The molecule has 2 aromatic carbocycles. The van der Waals surface area contributed by atoms with E-state index in [2.05, 4.69) is 16.7 Å². The molecule has 0 fully saturated rings. The Balaban J connectivity index is 1.72. The van der Waals surface area contributed by atoms with Crippen molar-refractivity contribution < 1.29 is 33.0 Å². The summed E-state index contributed by atoms with van der Waals surface area (Å²) in [5.74, 6) is -2.33. The van der Waals surface area contributed by atoms with Crippen LogP contribution in [0.1, 0.15) is 28.3 Å². The third-order valence-electron chi connectivity index (χ3n) is 5.54. The first-order chi connectivity index (χ1) is 15.6. The van der Waals surface area contributed by atoms with Crippen LogP contribution < -0.4 is 15.5 Å². The molecule has 4 rings (SSSR count). The molecule has 0 aliphatic carbocycles. The lowest BCUT2D eigenvalue weighted by Gasteiger charge is -2.41. The number of nitriles is 1. The van der Waals surface area contributed by atoms with Crippen LogP contribution in [0.25, 0.3) is 5.76 Å². The summed E-state index contributed by atoms with van der Waals surface area (Å²) < 4.78 is 38.8. The maximum atomic E-state index is 12.9. The van der Waals surface area contributed by atoms with Crippen molar-refractivity contribution in [3.05, 3.63) is 64.2 Å². The van der Waals surface area contributed by atoms with Gasteiger partial charge in [-0.15, -0.1) is 0 Å². The van der Waals surface area contributed by atoms with E-state index in [9.17, 15) is 33.1 Å². The van der Waals surface area contributed by atoms with Gasteiger partial charge in [0.1, 0.15) is 18.4 Å². The Bertz CT molecular complexity index is 1220. The summed E-state index contributed by atoms with van der Waals surface area (Å²) in [6, 6.07) is 9.13. The largest absolute Gasteiger partial charge is 0.507 e. The number of carboxylic acids is 1. The van der Waals surface area contributed by atoms with Crippen LogP contribution in [0, 0.1) is 11.3 Å². The third kappa shape index (κ3) is 4.03. The quantitative estimate of drug-likeness (QED) is 0.555. The number of carbonyl (C=O) groups excluding carboxylic acids is 1. The minimum atomic E-state index is -4.47. The van der Waals surface area contributed by atoms with Crippen molar-refractivity contribution in [3.63, 3.8) is 0 Å². The second-order valence-electron chi connectivity index (χ2n) is 7.60. The second kappa shape index (κ2) is 8.05. The number of rotatable bonds is 4. The highest BCUT2D eigenvalue weighted by Crippen LogP contribution is 2.46. The van der Waals surface area contributed by atoms with E-state index >= 15 is 0 Å². The molecule has 2 aromatic rings. The van der Waals surface area contributed by atoms with Crippen molar-refractivity contribution in [2.75, 3.05) is 29.9 Å². The minimum Gasteiger partial charge on any atom is -0.507 e. The number of aliphatic carboxylic acids is 1. The predicted octanol–water partition coefficient (Wildman–Crippen LogP) is 3.03. The van der Waals surface area contributed by atoms with Crippen molar-refractivity contribution in [2.45, 2.75) is 12.2 Å². The van der Waals surface area contributed by atoms with E-state index in [1.807, 2.05) is 0 Å². The molecular weight excluding hydrogens is 441 g/mol. The van der Waals surface area contributed by atoms with Gasteiger partial charge in [0.05, 0.1) is 40.7 Å². The molecule has 1 amide bonds. The van der Waals surface area contributed by atoms with Crippen LogP contribution in [0.5, 0.6) is 0 Å². The second-order valence-corrected chi connectivity index (χ2v) is 7.60. The number of anilines is 2. The summed E-state index contributed by atoms with van der Waals surface area (Å²) in [4.78, 5) is 25.0. The van der Waals surface area contributed by atoms with Crippen molar-refractivity contribution >= 4 is 29.0 Å². The van der Waals surface area contributed by atoms with E-state index < -0.39 is 36.2 Å². The number of aliphatic hydroxyl groups excluding tert-OH is 1. The Morgan fingerprint density at radius 3 is 2.52 bits per heavy atom. The highest BCUT2D eigenvalue weighted by Gasteiger charge is 2.37. The van der Waals surface area contributed by atoms with E-state index in [0.717, 1.165) is 12.1 Å². The van der Waals surface area contributed by atoms with Gasteiger partial charge in [0, 0.05) is 12.1 Å². The molecule has 1 unspecified atom stereocenters. The van der Waals surface area contributed by atoms with Crippen LogP contribution in [0.4, 0.5) is 24.5 Å². The molecule has 0 spiro atoms. The number of benzene rings is 2. The number of nitrogens with one attached hydrogen (secondary N) is 2. The zero-order valence-electron chi connectivity index (χ0n) is 16.9. The smallest absolute Gasteiger partial charge is 0.416 e. The summed E-state index contributed by atoms with van der Waals surface area (Å²) in [7, 11) is 0. The number of halogens is 3. The van der Waals surface area contributed by atoms with E-state index in [0.29, 0.717) is 16.9 Å². The van der Waals surface area contributed by atoms with Crippen molar-refractivity contribution in [2.24, 2.45) is 0 Å². The summed E-state index contributed by atoms with van der Waals surface area (Å²) in [6.45, 7) is -0.481. The van der Waals surface area contributed by atoms with Crippen molar-refractivity contribution in [3.8, 4) is 6.07 Å². The molecule has 0 saturated carbocycles. The predicted molar refractivity (Wildman–Crippen MR) is 111 cm³/mol. The van der Waals surface area contributed by atoms with Gasteiger partial charge in [0.25, 0.3) is 5.91 Å². The molecule has 170 valence electrons. The molecule has 1 atom stereocenters. The number of alkyl halides is 3. The molecule has 2 aliphatic rings. The highest BCUT2D eigenvalue weighted by molar-refractivity contribution is 6.05. The Hall–Kier alpha value is -4.20. The van der Waals surface area contributed by atoms with Gasteiger partial charge in [-0.05, 0) is 29.8 Å². The van der Waals surface area contributed by atoms with Crippen molar-refractivity contribution in [1.29, 1.82) is 5.26 Å². The van der Waals surface area contributed by atoms with Crippen LogP contribution in [0.15, 0.2) is 42.0 Å². The average molecular weight is 458 g/mol. The van der Waals surface area contributed by atoms with E-state index in [1.165, 1.54) is 24.3 Å². The Kier molecular flexibility index (Phi) is 5.37. The molecule has 0 aromatic heterocycles. The van der Waals surface area contributed by atoms with Gasteiger partial charge in [-0.1, -0.05) is 12.1 Å². The molecule has 2 heterocycles.